The van der Waals surface area contributed by atoms with Gasteiger partial charge in [0.05, 0.1) is 12.2 Å². The predicted molar refractivity (Wildman–Crippen MR) is 117 cm³/mol. The number of hydrogen-bond donors (Lipinski definition) is 0. The molecule has 3 saturated carbocycles. The fraction of sp³-hybridized carbons (Fsp3) is 0.926. The molecular weight excluding hydrogens is 340 g/mol. The van der Waals surface area contributed by atoms with Gasteiger partial charge in [0, 0.05) is 0 Å². The minimum Gasteiger partial charge on any atom is -0.374 e. The molecule has 4 fully saturated rings. The molecule has 1 heterocycles. The lowest BCUT2D eigenvalue weighted by Gasteiger charge is -2.58. The molecule has 5 aliphatic rings. The van der Waals surface area contributed by atoms with Crippen molar-refractivity contribution in [2.75, 3.05) is 0 Å². The van der Waals surface area contributed by atoms with Gasteiger partial charge in [-0.05, 0) is 104 Å². The second kappa shape index (κ2) is 6.86. The van der Waals surface area contributed by atoms with Gasteiger partial charge >= 0.3 is 0 Å². The molecule has 5 rings (SSSR count). The van der Waals surface area contributed by atoms with Crippen LogP contribution in [0, 0.1) is 46.3 Å². The maximum atomic E-state index is 6.80. The van der Waals surface area contributed by atoms with Crippen molar-refractivity contribution in [3.8, 4) is 0 Å². The largest absolute Gasteiger partial charge is 0.374 e. The quantitative estimate of drug-likeness (QED) is 0.460. The molecule has 0 unspecified atom stereocenters. The van der Waals surface area contributed by atoms with E-state index in [1.807, 2.05) is 5.57 Å². The lowest BCUT2D eigenvalue weighted by Crippen LogP contribution is -2.50. The van der Waals surface area contributed by atoms with E-state index in [1.165, 1.54) is 64.2 Å². The zero-order chi connectivity index (χ0) is 19.7. The van der Waals surface area contributed by atoms with E-state index in [0.717, 1.165) is 35.5 Å². The van der Waals surface area contributed by atoms with Crippen molar-refractivity contribution in [1.82, 2.24) is 0 Å². The Morgan fingerprint density at radius 2 is 1.96 bits per heavy atom. The zero-order valence-corrected chi connectivity index (χ0v) is 19.2. The standard InChI is InChI=1S/C27H44O/c1-17(2)9-12-23-18(3)25-24(28-23)16-22-20-11-10-19-8-6-7-14-26(19,4)21(20)13-15-27(22,25)5/h10,17-18,20-25H,6-9,11-16H2,1-5H3/t18-,20-,21+,22+,23-,24+,25+,26+,27+/m1/s1. The zero-order valence-electron chi connectivity index (χ0n) is 19.2. The summed E-state index contributed by atoms with van der Waals surface area (Å²) in [6.07, 6.45) is 17.9. The molecule has 158 valence electrons. The lowest BCUT2D eigenvalue weighted by atomic mass is 9.47. The highest BCUT2D eigenvalue weighted by molar-refractivity contribution is 5.25. The molecule has 1 nitrogen and oxygen atoms in total. The number of hydrogen-bond acceptors (Lipinski definition) is 1. The molecule has 0 amide bonds. The van der Waals surface area contributed by atoms with Crippen molar-refractivity contribution < 1.29 is 4.74 Å². The summed E-state index contributed by atoms with van der Waals surface area (Å²) in [5.41, 5.74) is 2.92. The summed E-state index contributed by atoms with van der Waals surface area (Å²) in [4.78, 5) is 0. The van der Waals surface area contributed by atoms with Crippen LogP contribution in [0.25, 0.3) is 0 Å². The van der Waals surface area contributed by atoms with Crippen LogP contribution in [0.15, 0.2) is 11.6 Å². The Hall–Kier alpha value is -0.300. The summed E-state index contributed by atoms with van der Waals surface area (Å²) >= 11 is 0. The number of rotatable bonds is 3. The number of allylic oxidation sites excluding steroid dienone is 2. The molecule has 9 atom stereocenters. The second-order valence-corrected chi connectivity index (χ2v) is 12.3. The van der Waals surface area contributed by atoms with Crippen molar-refractivity contribution in [2.24, 2.45) is 46.3 Å². The van der Waals surface area contributed by atoms with Crippen LogP contribution in [-0.4, -0.2) is 12.2 Å². The highest BCUT2D eigenvalue weighted by atomic mass is 16.5. The van der Waals surface area contributed by atoms with Crippen LogP contribution in [0.4, 0.5) is 0 Å². The highest BCUT2D eigenvalue weighted by Gasteiger charge is 2.64. The molecule has 28 heavy (non-hydrogen) atoms. The molecule has 0 aromatic carbocycles. The van der Waals surface area contributed by atoms with Gasteiger partial charge in [-0.2, -0.15) is 0 Å². The molecule has 0 spiro atoms. The fourth-order valence-corrected chi connectivity index (χ4v) is 9.21. The van der Waals surface area contributed by atoms with Gasteiger partial charge in [-0.3, -0.25) is 0 Å². The van der Waals surface area contributed by atoms with Crippen molar-refractivity contribution in [3.05, 3.63) is 11.6 Å². The maximum Gasteiger partial charge on any atom is 0.0618 e. The summed E-state index contributed by atoms with van der Waals surface area (Å²) in [5, 5.41) is 0. The molecule has 0 N–H and O–H groups in total. The third kappa shape index (κ3) is 2.74. The summed E-state index contributed by atoms with van der Waals surface area (Å²) in [6, 6.07) is 0. The molecule has 0 bridgehead atoms. The van der Waals surface area contributed by atoms with Crippen molar-refractivity contribution in [3.63, 3.8) is 0 Å². The maximum absolute atomic E-state index is 6.80. The molecule has 1 aliphatic heterocycles. The Labute approximate surface area is 174 Å². The smallest absolute Gasteiger partial charge is 0.0618 e. The molecule has 1 saturated heterocycles. The fourth-order valence-electron chi connectivity index (χ4n) is 9.21. The van der Waals surface area contributed by atoms with Crippen molar-refractivity contribution in [1.29, 1.82) is 0 Å². The van der Waals surface area contributed by atoms with E-state index in [2.05, 4.69) is 40.7 Å². The van der Waals surface area contributed by atoms with Gasteiger partial charge in [-0.15, -0.1) is 0 Å². The van der Waals surface area contributed by atoms with E-state index >= 15 is 0 Å². The minimum atomic E-state index is 0.529. The third-order valence-electron chi connectivity index (χ3n) is 10.6. The van der Waals surface area contributed by atoms with Gasteiger partial charge in [-0.25, -0.2) is 0 Å². The molecular formula is C27H44O. The predicted octanol–water partition coefficient (Wildman–Crippen LogP) is 7.41. The average molecular weight is 385 g/mol. The van der Waals surface area contributed by atoms with Gasteiger partial charge in [-0.1, -0.05) is 52.7 Å². The summed E-state index contributed by atoms with van der Waals surface area (Å²) in [7, 11) is 0. The van der Waals surface area contributed by atoms with E-state index in [9.17, 15) is 0 Å². The first-order valence-electron chi connectivity index (χ1n) is 12.7. The van der Waals surface area contributed by atoms with Crippen LogP contribution in [-0.2, 0) is 4.74 Å². The number of ether oxygens (including phenoxy) is 1. The van der Waals surface area contributed by atoms with E-state index in [-0.39, 0.29) is 0 Å². The average Bonchev–Trinajstić information content (AvgIpc) is 3.13. The Morgan fingerprint density at radius 3 is 2.75 bits per heavy atom. The van der Waals surface area contributed by atoms with Crippen LogP contribution in [0.2, 0.25) is 0 Å². The third-order valence-corrected chi connectivity index (χ3v) is 10.6. The highest BCUT2D eigenvalue weighted by Crippen LogP contribution is 2.69. The van der Waals surface area contributed by atoms with Crippen LogP contribution in [0.5, 0.6) is 0 Å². The molecule has 0 aromatic heterocycles. The molecule has 0 radical (unpaired) electrons. The van der Waals surface area contributed by atoms with Gasteiger partial charge in [0.1, 0.15) is 0 Å². The van der Waals surface area contributed by atoms with Crippen LogP contribution >= 0.6 is 0 Å². The van der Waals surface area contributed by atoms with Crippen molar-refractivity contribution >= 4 is 0 Å². The topological polar surface area (TPSA) is 9.23 Å². The van der Waals surface area contributed by atoms with E-state index in [1.54, 1.807) is 0 Å². The van der Waals surface area contributed by atoms with E-state index < -0.39 is 0 Å². The van der Waals surface area contributed by atoms with Gasteiger partial charge in [0.25, 0.3) is 0 Å². The molecule has 1 heteroatoms. The first-order chi connectivity index (χ1) is 13.3. The Bertz CT molecular complexity index is 634. The van der Waals surface area contributed by atoms with Crippen LogP contribution < -0.4 is 0 Å². The Balaban J connectivity index is 1.38. The summed E-state index contributed by atoms with van der Waals surface area (Å²) < 4.78 is 6.80. The van der Waals surface area contributed by atoms with Gasteiger partial charge < -0.3 is 4.74 Å². The van der Waals surface area contributed by atoms with Crippen molar-refractivity contribution in [2.45, 2.75) is 111 Å². The van der Waals surface area contributed by atoms with Crippen LogP contribution in [0.3, 0.4) is 0 Å². The number of fused-ring (bicyclic) bond motifs is 7. The van der Waals surface area contributed by atoms with E-state index in [4.69, 9.17) is 4.74 Å². The van der Waals surface area contributed by atoms with E-state index in [0.29, 0.717) is 23.0 Å². The lowest BCUT2D eigenvalue weighted by molar-refractivity contribution is -0.0520. The first-order valence-corrected chi connectivity index (χ1v) is 12.7. The van der Waals surface area contributed by atoms with Crippen LogP contribution in [0.1, 0.15) is 98.8 Å². The summed E-state index contributed by atoms with van der Waals surface area (Å²) in [5.74, 6) is 5.18. The first kappa shape index (κ1) is 19.7. The Morgan fingerprint density at radius 1 is 1.14 bits per heavy atom. The van der Waals surface area contributed by atoms with Gasteiger partial charge in [0.2, 0.25) is 0 Å². The second-order valence-electron chi connectivity index (χ2n) is 12.3. The molecule has 4 aliphatic carbocycles. The summed E-state index contributed by atoms with van der Waals surface area (Å²) in [6.45, 7) is 12.6. The normalized spacial score (nSPS) is 52.6. The molecule has 0 aromatic rings. The Kier molecular flexibility index (Phi) is 4.81. The monoisotopic (exact) mass is 384 g/mol. The SMILES string of the molecule is CC(C)CC[C@H]1O[C@H]2C[C@H]3[C@@H]4CC=C5CCCC[C@]5(C)[C@H]4CC[C@]3(C)[C@H]2[C@@H]1C. The van der Waals surface area contributed by atoms with Gasteiger partial charge in [0.15, 0.2) is 0 Å². The minimum absolute atomic E-state index is 0.529.